The van der Waals surface area contributed by atoms with E-state index in [-0.39, 0.29) is 12.4 Å². The van der Waals surface area contributed by atoms with Crippen LogP contribution in [0.1, 0.15) is 16.8 Å². The molecule has 2 rings (SSSR count). The van der Waals surface area contributed by atoms with Crippen LogP contribution in [-0.2, 0) is 11.4 Å². The maximum atomic E-state index is 12.5. The first-order chi connectivity index (χ1) is 12.4. The number of nitrogens with zero attached hydrogens (tertiary/aromatic N) is 1. The number of carbonyl (C=O) groups excluding carboxylic acids is 1. The van der Waals surface area contributed by atoms with Crippen molar-refractivity contribution in [3.63, 3.8) is 0 Å². The highest BCUT2D eigenvalue weighted by Crippen LogP contribution is 2.29. The molecule has 2 aromatic rings. The van der Waals surface area contributed by atoms with Crippen LogP contribution in [0.4, 0.5) is 14.5 Å². The Bertz CT molecular complexity index is 714. The predicted octanol–water partition coefficient (Wildman–Crippen LogP) is 2.53. The molecule has 0 atom stereocenters. The zero-order valence-corrected chi connectivity index (χ0v) is 14.8. The van der Waals surface area contributed by atoms with Crippen LogP contribution >= 0.6 is 0 Å². The molecule has 0 aliphatic carbocycles. The number of aryl methyl sites for hydroxylation is 2. The summed E-state index contributed by atoms with van der Waals surface area (Å²) in [4.78, 5) is 13.2. The number of pyridine rings is 1. The third-order valence-corrected chi connectivity index (χ3v) is 3.23. The fourth-order valence-electron chi connectivity index (χ4n) is 2.04. The van der Waals surface area contributed by atoms with Crippen molar-refractivity contribution in [1.82, 2.24) is 10.4 Å². The lowest BCUT2D eigenvalue weighted by Crippen LogP contribution is -2.18. The highest BCUT2D eigenvalue weighted by Gasteiger charge is 2.14. The zero-order valence-electron chi connectivity index (χ0n) is 14.8. The van der Waals surface area contributed by atoms with E-state index in [4.69, 9.17) is 9.53 Å². The molecule has 0 unspecified atom stereocenters. The molecule has 0 saturated heterocycles. The first kappa shape index (κ1) is 21.1. The van der Waals surface area contributed by atoms with Gasteiger partial charge in [0, 0.05) is 24.0 Å². The number of carbonyl (C=O) groups is 1. The van der Waals surface area contributed by atoms with Gasteiger partial charge in [-0.1, -0.05) is 12.1 Å². The number of halogens is 2. The van der Waals surface area contributed by atoms with Gasteiger partial charge in [0.15, 0.2) is 0 Å². The van der Waals surface area contributed by atoms with Crippen LogP contribution in [0.25, 0.3) is 0 Å². The highest BCUT2D eigenvalue weighted by atomic mass is 19.3. The summed E-state index contributed by atoms with van der Waals surface area (Å²) in [5.41, 5.74) is 4.65. The Morgan fingerprint density at radius 3 is 2.54 bits per heavy atom. The van der Waals surface area contributed by atoms with Gasteiger partial charge in [0.25, 0.3) is 0 Å². The number of amides is 1. The van der Waals surface area contributed by atoms with Crippen LogP contribution in [0.5, 0.6) is 11.6 Å². The van der Waals surface area contributed by atoms with Crippen molar-refractivity contribution in [2.24, 2.45) is 5.84 Å². The highest BCUT2D eigenvalue weighted by molar-refractivity contribution is 5.57. The fourth-order valence-corrected chi connectivity index (χ4v) is 2.04. The number of alkyl halides is 2. The van der Waals surface area contributed by atoms with Crippen LogP contribution < -0.4 is 26.1 Å². The van der Waals surface area contributed by atoms with E-state index in [0.717, 1.165) is 11.3 Å². The van der Waals surface area contributed by atoms with Gasteiger partial charge in [0.05, 0.1) is 5.56 Å². The second-order valence-electron chi connectivity index (χ2n) is 5.06. The van der Waals surface area contributed by atoms with Crippen LogP contribution in [-0.4, -0.2) is 25.1 Å². The van der Waals surface area contributed by atoms with E-state index in [2.05, 4.69) is 20.9 Å². The summed E-state index contributed by atoms with van der Waals surface area (Å²) in [5.74, 6) is 4.98. The molecule has 0 saturated carbocycles. The number of nitrogens with two attached hydrogens (primary N) is 1. The topological polar surface area (TPSA) is 98.5 Å². The summed E-state index contributed by atoms with van der Waals surface area (Å²) in [5, 5.41) is 2.95. The Morgan fingerprint density at radius 1 is 1.27 bits per heavy atom. The molecular formula is C17H22F2N4O3. The van der Waals surface area contributed by atoms with Crippen molar-refractivity contribution in [1.29, 1.82) is 0 Å². The Hall–Kier alpha value is -2.94. The molecule has 1 aromatic carbocycles. The van der Waals surface area contributed by atoms with E-state index < -0.39 is 6.61 Å². The molecule has 1 heterocycles. The molecule has 4 N–H and O–H groups in total. The van der Waals surface area contributed by atoms with Crippen molar-refractivity contribution in [3.05, 3.63) is 47.2 Å². The van der Waals surface area contributed by atoms with Gasteiger partial charge in [-0.05, 0) is 32.0 Å². The minimum Gasteiger partial charge on any atom is -0.472 e. The standard InChI is InChI=1S/C16H18F2N2O2.CH4N2O/c1-10-7-8-11(2)20-15(10)21-9-12-13(19-3)5-4-6-14(12)22-16(17)18;2-3-1-4/h4-8,16,19H,9H2,1-3H3;1H,2H2,(H,3,4). The van der Waals surface area contributed by atoms with E-state index >= 15 is 0 Å². The quantitative estimate of drug-likeness (QED) is 0.301. The number of aromatic nitrogens is 1. The molecule has 7 nitrogen and oxygen atoms in total. The van der Waals surface area contributed by atoms with Gasteiger partial charge >= 0.3 is 6.61 Å². The molecule has 142 valence electrons. The van der Waals surface area contributed by atoms with Gasteiger partial charge in [-0.3, -0.25) is 10.2 Å². The van der Waals surface area contributed by atoms with Crippen LogP contribution in [0, 0.1) is 13.8 Å². The summed E-state index contributed by atoms with van der Waals surface area (Å²) in [6.07, 6.45) is 0.403. The molecule has 0 spiro atoms. The van der Waals surface area contributed by atoms with Gasteiger partial charge in [0.1, 0.15) is 12.4 Å². The predicted molar refractivity (Wildman–Crippen MR) is 94.1 cm³/mol. The Labute approximate surface area is 150 Å². The zero-order chi connectivity index (χ0) is 19.5. The number of hydrazine groups is 1. The first-order valence-electron chi connectivity index (χ1n) is 7.64. The number of hydrogen-bond donors (Lipinski definition) is 3. The molecule has 0 bridgehead atoms. The van der Waals surface area contributed by atoms with Gasteiger partial charge in [-0.15, -0.1) is 0 Å². The van der Waals surface area contributed by atoms with Crippen molar-refractivity contribution in [2.45, 2.75) is 27.1 Å². The molecule has 1 aromatic heterocycles. The minimum absolute atomic E-state index is 0.0797. The normalized spacial score (nSPS) is 9.81. The Kier molecular flexibility index (Phi) is 8.79. The molecule has 0 fully saturated rings. The van der Waals surface area contributed by atoms with Gasteiger partial charge in [-0.2, -0.15) is 8.78 Å². The average molecular weight is 368 g/mol. The Morgan fingerprint density at radius 2 is 1.96 bits per heavy atom. The van der Waals surface area contributed by atoms with Crippen molar-refractivity contribution in [3.8, 4) is 11.6 Å². The number of ether oxygens (including phenoxy) is 2. The number of benzene rings is 1. The molecule has 26 heavy (non-hydrogen) atoms. The van der Waals surface area contributed by atoms with Gasteiger partial charge in [0.2, 0.25) is 12.3 Å². The second kappa shape index (κ2) is 10.8. The molecule has 9 heteroatoms. The summed E-state index contributed by atoms with van der Waals surface area (Å²) in [6.45, 7) is 0.933. The lowest BCUT2D eigenvalue weighted by Gasteiger charge is -2.16. The SMILES string of the molecule is CNc1cccc(OC(F)F)c1COc1nc(C)ccc1C.NNC=O. The average Bonchev–Trinajstić information content (AvgIpc) is 2.62. The molecule has 0 aliphatic heterocycles. The lowest BCUT2D eigenvalue weighted by atomic mass is 10.1. The van der Waals surface area contributed by atoms with Crippen molar-refractivity contribution < 1.29 is 23.0 Å². The monoisotopic (exact) mass is 368 g/mol. The second-order valence-corrected chi connectivity index (χ2v) is 5.06. The third kappa shape index (κ3) is 6.52. The largest absolute Gasteiger partial charge is 0.472 e. The number of hydrogen-bond acceptors (Lipinski definition) is 6. The third-order valence-electron chi connectivity index (χ3n) is 3.23. The van der Waals surface area contributed by atoms with Gasteiger partial charge < -0.3 is 14.8 Å². The molecule has 0 aliphatic rings. The maximum Gasteiger partial charge on any atom is 0.387 e. The Balaban J connectivity index is 0.000000765. The van der Waals surface area contributed by atoms with Crippen molar-refractivity contribution >= 4 is 12.1 Å². The molecule has 1 amide bonds. The molecular weight excluding hydrogens is 346 g/mol. The smallest absolute Gasteiger partial charge is 0.387 e. The van der Waals surface area contributed by atoms with E-state index in [1.54, 1.807) is 24.6 Å². The number of rotatable bonds is 7. The van der Waals surface area contributed by atoms with E-state index in [0.29, 0.717) is 23.5 Å². The summed E-state index contributed by atoms with van der Waals surface area (Å²) in [6, 6.07) is 8.69. The number of anilines is 1. The summed E-state index contributed by atoms with van der Waals surface area (Å²) >= 11 is 0. The lowest BCUT2D eigenvalue weighted by molar-refractivity contribution is -0.109. The van der Waals surface area contributed by atoms with Crippen LogP contribution in [0.3, 0.4) is 0 Å². The number of nitrogens with one attached hydrogen (secondary N) is 2. The van der Waals surface area contributed by atoms with Crippen LogP contribution in [0.15, 0.2) is 30.3 Å². The fraction of sp³-hybridized carbons (Fsp3) is 0.294. The summed E-state index contributed by atoms with van der Waals surface area (Å²) < 4.78 is 35.3. The van der Waals surface area contributed by atoms with E-state index in [1.807, 2.05) is 26.0 Å². The first-order valence-corrected chi connectivity index (χ1v) is 7.64. The maximum absolute atomic E-state index is 12.5. The van der Waals surface area contributed by atoms with Crippen molar-refractivity contribution in [2.75, 3.05) is 12.4 Å². The summed E-state index contributed by atoms with van der Waals surface area (Å²) in [7, 11) is 1.71. The van der Waals surface area contributed by atoms with Crippen LogP contribution in [0.2, 0.25) is 0 Å². The van der Waals surface area contributed by atoms with E-state index in [1.165, 1.54) is 6.07 Å². The van der Waals surface area contributed by atoms with Gasteiger partial charge in [-0.25, -0.2) is 10.8 Å². The molecule has 0 radical (unpaired) electrons. The minimum atomic E-state index is -2.88. The van der Waals surface area contributed by atoms with E-state index in [9.17, 15) is 8.78 Å².